The monoisotopic (exact) mass is 286 g/mol. The van der Waals surface area contributed by atoms with Crippen LogP contribution in [0, 0.1) is 5.41 Å². The number of hydrogen-bond acceptors (Lipinski definition) is 0. The normalized spacial score (nSPS) is 33.5. The van der Waals surface area contributed by atoms with E-state index in [2.05, 4.69) is 65.0 Å². The van der Waals surface area contributed by atoms with Gasteiger partial charge in [-0.3, -0.25) is 0 Å². The Kier molecular flexibility index (Phi) is 4.58. The van der Waals surface area contributed by atoms with Gasteiger partial charge in [0.15, 0.2) is 0 Å². The van der Waals surface area contributed by atoms with Crippen LogP contribution < -0.4 is 0 Å². The summed E-state index contributed by atoms with van der Waals surface area (Å²) in [6, 6.07) is 1.46. The summed E-state index contributed by atoms with van der Waals surface area (Å²) in [6.07, 6.45) is 15.7. The molecule has 0 bridgehead atoms. The van der Waals surface area contributed by atoms with Gasteiger partial charge in [0.25, 0.3) is 0 Å². The fourth-order valence-electron chi connectivity index (χ4n) is 3.95. The van der Waals surface area contributed by atoms with Crippen LogP contribution in [0.5, 0.6) is 0 Å². The van der Waals surface area contributed by atoms with Crippen molar-refractivity contribution in [2.24, 2.45) is 5.41 Å². The number of rotatable bonds is 5. The lowest BCUT2D eigenvalue weighted by Crippen LogP contribution is -2.27. The van der Waals surface area contributed by atoms with Gasteiger partial charge in [-0.2, -0.15) is 0 Å². The third-order valence-corrected chi connectivity index (χ3v) is 8.36. The standard InChI is InChI=1S/C19H30Si/c1-6-12-20-19(13-15(2)16(3)17(19)4)14-18(5)10-8-7-9-11-18/h7-10,13H,6,11-12,14,20H2,1-5H3. The first-order valence-corrected chi connectivity index (χ1v) is 9.85. The predicted molar refractivity (Wildman–Crippen MR) is 94.1 cm³/mol. The molecule has 0 aromatic rings. The largest absolute Gasteiger partial charge is 0.0837 e. The molecule has 0 aliphatic heterocycles. The van der Waals surface area contributed by atoms with E-state index in [1.54, 1.807) is 11.1 Å². The molecule has 0 heterocycles. The summed E-state index contributed by atoms with van der Waals surface area (Å²) in [5.74, 6) is 0. The Labute approximate surface area is 127 Å². The van der Waals surface area contributed by atoms with Gasteiger partial charge >= 0.3 is 0 Å². The van der Waals surface area contributed by atoms with Gasteiger partial charge in [-0.1, -0.05) is 67.8 Å². The second-order valence-corrected chi connectivity index (χ2v) is 9.63. The average Bonchev–Trinajstić information content (AvgIpc) is 2.62. The summed E-state index contributed by atoms with van der Waals surface area (Å²) in [5.41, 5.74) is 5.12. The van der Waals surface area contributed by atoms with Gasteiger partial charge < -0.3 is 0 Å². The van der Waals surface area contributed by atoms with Crippen molar-refractivity contribution in [1.29, 1.82) is 0 Å². The summed E-state index contributed by atoms with van der Waals surface area (Å²) in [6.45, 7) is 11.8. The average molecular weight is 287 g/mol. The molecule has 0 amide bonds. The Balaban J connectivity index is 2.30. The van der Waals surface area contributed by atoms with Crippen molar-refractivity contribution in [2.45, 2.75) is 65.0 Å². The van der Waals surface area contributed by atoms with Gasteiger partial charge in [-0.05, 0) is 49.6 Å². The van der Waals surface area contributed by atoms with E-state index in [0.29, 0.717) is 10.5 Å². The summed E-state index contributed by atoms with van der Waals surface area (Å²) < 4.78 is 0. The molecule has 2 aliphatic carbocycles. The predicted octanol–water partition coefficient (Wildman–Crippen LogP) is 5.35. The van der Waals surface area contributed by atoms with Crippen molar-refractivity contribution in [3.05, 3.63) is 47.1 Å². The highest BCUT2D eigenvalue weighted by atomic mass is 28.2. The van der Waals surface area contributed by atoms with Gasteiger partial charge in [-0.25, -0.2) is 0 Å². The summed E-state index contributed by atoms with van der Waals surface area (Å²) in [5, 5.41) is 0.439. The summed E-state index contributed by atoms with van der Waals surface area (Å²) in [7, 11) is -0.104. The molecule has 0 radical (unpaired) electrons. The molecule has 20 heavy (non-hydrogen) atoms. The van der Waals surface area contributed by atoms with Crippen molar-refractivity contribution in [3.8, 4) is 0 Å². The molecule has 2 rings (SSSR count). The lowest BCUT2D eigenvalue weighted by Gasteiger charge is -2.39. The zero-order chi connectivity index (χ0) is 14.8. The van der Waals surface area contributed by atoms with E-state index in [1.165, 1.54) is 30.9 Å². The molecule has 2 unspecified atom stereocenters. The van der Waals surface area contributed by atoms with E-state index in [9.17, 15) is 0 Å². The minimum Gasteiger partial charge on any atom is -0.0837 e. The van der Waals surface area contributed by atoms with E-state index in [4.69, 9.17) is 0 Å². The molecular formula is C19H30Si. The second kappa shape index (κ2) is 5.89. The van der Waals surface area contributed by atoms with Crippen LogP contribution in [0.2, 0.25) is 11.1 Å². The third kappa shape index (κ3) is 2.93. The highest BCUT2D eigenvalue weighted by molar-refractivity contribution is 6.42. The molecule has 0 aromatic heterocycles. The zero-order valence-corrected chi connectivity index (χ0v) is 15.3. The van der Waals surface area contributed by atoms with Gasteiger partial charge in [-0.15, -0.1) is 0 Å². The number of hydrogen-bond donors (Lipinski definition) is 0. The highest BCUT2D eigenvalue weighted by Gasteiger charge is 2.40. The first kappa shape index (κ1) is 15.6. The molecule has 0 nitrogen and oxygen atoms in total. The van der Waals surface area contributed by atoms with Gasteiger partial charge in [0, 0.05) is 9.52 Å². The van der Waals surface area contributed by atoms with Crippen molar-refractivity contribution in [1.82, 2.24) is 0 Å². The first-order valence-electron chi connectivity index (χ1n) is 8.15. The molecule has 0 N–H and O–H groups in total. The topological polar surface area (TPSA) is 0 Å². The summed E-state index contributed by atoms with van der Waals surface area (Å²) in [4.78, 5) is 0. The van der Waals surface area contributed by atoms with Crippen LogP contribution in [0.3, 0.4) is 0 Å². The van der Waals surface area contributed by atoms with Crippen LogP contribution in [0.4, 0.5) is 0 Å². The van der Waals surface area contributed by atoms with Crippen LogP contribution in [0.15, 0.2) is 47.1 Å². The lowest BCUT2D eigenvalue weighted by molar-refractivity contribution is 0.366. The van der Waals surface area contributed by atoms with Crippen LogP contribution in [-0.2, 0) is 0 Å². The Morgan fingerprint density at radius 2 is 1.95 bits per heavy atom. The molecule has 2 atom stereocenters. The molecule has 110 valence electrons. The van der Waals surface area contributed by atoms with Gasteiger partial charge in [0.2, 0.25) is 0 Å². The Bertz CT molecular complexity index is 492. The van der Waals surface area contributed by atoms with Crippen molar-refractivity contribution in [3.63, 3.8) is 0 Å². The first-order chi connectivity index (χ1) is 9.42. The molecular weight excluding hydrogens is 256 g/mol. The quantitative estimate of drug-likeness (QED) is 0.598. The van der Waals surface area contributed by atoms with E-state index in [-0.39, 0.29) is 9.52 Å². The van der Waals surface area contributed by atoms with Gasteiger partial charge in [0.1, 0.15) is 0 Å². The van der Waals surface area contributed by atoms with Crippen molar-refractivity contribution < 1.29 is 0 Å². The Morgan fingerprint density at radius 3 is 2.45 bits per heavy atom. The minimum absolute atomic E-state index is 0.104. The molecule has 0 fully saturated rings. The molecule has 0 saturated carbocycles. The van der Waals surface area contributed by atoms with E-state index in [1.807, 2.05) is 0 Å². The summed E-state index contributed by atoms with van der Waals surface area (Å²) >= 11 is 0. The highest BCUT2D eigenvalue weighted by Crippen LogP contribution is 2.55. The maximum absolute atomic E-state index is 2.64. The second-order valence-electron chi connectivity index (χ2n) is 7.16. The molecule has 0 saturated heterocycles. The van der Waals surface area contributed by atoms with Crippen molar-refractivity contribution >= 4 is 9.52 Å². The smallest absolute Gasteiger partial charge is 0.0370 e. The lowest BCUT2D eigenvalue weighted by atomic mass is 9.74. The third-order valence-electron chi connectivity index (χ3n) is 5.42. The van der Waals surface area contributed by atoms with E-state index < -0.39 is 0 Å². The maximum Gasteiger partial charge on any atom is 0.0370 e. The van der Waals surface area contributed by atoms with Crippen LogP contribution in [0.1, 0.15) is 53.9 Å². The van der Waals surface area contributed by atoms with E-state index >= 15 is 0 Å². The fraction of sp³-hybridized carbons (Fsp3) is 0.579. The maximum atomic E-state index is 2.64. The Hall–Kier alpha value is -0.823. The van der Waals surface area contributed by atoms with Crippen molar-refractivity contribution in [2.75, 3.05) is 0 Å². The molecule has 2 aliphatic rings. The molecule has 0 aromatic carbocycles. The number of allylic oxidation sites excluding steroid dienone is 8. The molecule has 0 spiro atoms. The fourth-order valence-corrected chi connectivity index (χ4v) is 6.77. The van der Waals surface area contributed by atoms with Gasteiger partial charge in [0.05, 0.1) is 0 Å². The van der Waals surface area contributed by atoms with E-state index in [0.717, 1.165) is 0 Å². The van der Waals surface area contributed by atoms with Crippen LogP contribution in [-0.4, -0.2) is 9.52 Å². The van der Waals surface area contributed by atoms with Crippen LogP contribution >= 0.6 is 0 Å². The van der Waals surface area contributed by atoms with Crippen LogP contribution in [0.25, 0.3) is 0 Å². The zero-order valence-electron chi connectivity index (χ0n) is 13.9. The Morgan fingerprint density at radius 1 is 1.20 bits per heavy atom. The SMILES string of the molecule is CCC[SiH2]C1(CC2(C)C=CC=CC2)C=C(C)C(C)=C1C. The minimum atomic E-state index is -0.104. The molecule has 1 heteroatoms.